The molecule has 2 rings (SSSR count). The molecule has 1 heterocycles. The minimum absolute atomic E-state index is 0.00246. The summed E-state index contributed by atoms with van der Waals surface area (Å²) in [6.45, 7) is 1.70. The third-order valence-electron chi connectivity index (χ3n) is 2.83. The van der Waals surface area contributed by atoms with Crippen LogP contribution in [0.4, 0.5) is 15.9 Å². The van der Waals surface area contributed by atoms with E-state index in [1.807, 2.05) is 0 Å². The van der Waals surface area contributed by atoms with Crippen molar-refractivity contribution >= 4 is 23.3 Å². The number of nitrogens with one attached hydrogen (secondary N) is 2. The van der Waals surface area contributed by atoms with Gasteiger partial charge in [0, 0.05) is 11.8 Å². The standard InChI is InChI=1S/C15H17FN4O3/c1-10-6-13(19-23-10)18-15(22)9-20(2)8-14(21)17-12-5-3-4-11(16)7-12/h3-7H,8-9H2,1-2H3,(H,17,21)(H,18,19,22). The second-order valence-corrected chi connectivity index (χ2v) is 5.10. The minimum atomic E-state index is -0.432. The molecule has 2 aromatic rings. The second kappa shape index (κ2) is 7.50. The average Bonchev–Trinajstić information content (AvgIpc) is 2.83. The molecule has 2 N–H and O–H groups in total. The maximum atomic E-state index is 13.0. The molecule has 122 valence electrons. The van der Waals surface area contributed by atoms with E-state index in [4.69, 9.17) is 4.52 Å². The number of carbonyl (C=O) groups excluding carboxylic acids is 2. The third kappa shape index (κ3) is 5.51. The first-order valence-corrected chi connectivity index (χ1v) is 6.89. The molecule has 1 aromatic carbocycles. The van der Waals surface area contributed by atoms with E-state index in [9.17, 15) is 14.0 Å². The molecule has 0 unspecified atom stereocenters. The minimum Gasteiger partial charge on any atom is -0.360 e. The molecule has 0 saturated carbocycles. The molecular weight excluding hydrogens is 303 g/mol. The summed E-state index contributed by atoms with van der Waals surface area (Å²) in [4.78, 5) is 25.2. The fourth-order valence-corrected chi connectivity index (χ4v) is 1.92. The van der Waals surface area contributed by atoms with Gasteiger partial charge in [0.2, 0.25) is 11.8 Å². The van der Waals surface area contributed by atoms with Gasteiger partial charge in [-0.05, 0) is 32.2 Å². The average molecular weight is 320 g/mol. The molecule has 0 atom stereocenters. The van der Waals surface area contributed by atoms with Crippen molar-refractivity contribution in [3.8, 4) is 0 Å². The van der Waals surface area contributed by atoms with Crippen molar-refractivity contribution in [3.05, 3.63) is 41.9 Å². The van der Waals surface area contributed by atoms with E-state index in [0.717, 1.165) is 0 Å². The van der Waals surface area contributed by atoms with E-state index in [0.29, 0.717) is 17.3 Å². The summed E-state index contributed by atoms with van der Waals surface area (Å²) in [5.41, 5.74) is 0.367. The Morgan fingerprint density at radius 1 is 1.22 bits per heavy atom. The first kappa shape index (κ1) is 16.6. The highest BCUT2D eigenvalue weighted by molar-refractivity contribution is 5.94. The predicted molar refractivity (Wildman–Crippen MR) is 82.4 cm³/mol. The van der Waals surface area contributed by atoms with Crippen molar-refractivity contribution in [2.24, 2.45) is 0 Å². The molecule has 0 aliphatic rings. The first-order valence-electron chi connectivity index (χ1n) is 6.89. The monoisotopic (exact) mass is 320 g/mol. The molecule has 0 radical (unpaired) electrons. The van der Waals surface area contributed by atoms with Gasteiger partial charge in [-0.3, -0.25) is 14.5 Å². The Morgan fingerprint density at radius 2 is 1.91 bits per heavy atom. The van der Waals surface area contributed by atoms with Gasteiger partial charge in [0.1, 0.15) is 11.6 Å². The molecule has 23 heavy (non-hydrogen) atoms. The van der Waals surface area contributed by atoms with E-state index >= 15 is 0 Å². The summed E-state index contributed by atoms with van der Waals surface area (Å²) >= 11 is 0. The van der Waals surface area contributed by atoms with Gasteiger partial charge in [0.05, 0.1) is 13.1 Å². The number of carbonyl (C=O) groups is 2. The summed E-state index contributed by atoms with van der Waals surface area (Å²) < 4.78 is 17.9. The van der Waals surface area contributed by atoms with Gasteiger partial charge < -0.3 is 15.2 Å². The Hall–Kier alpha value is -2.74. The third-order valence-corrected chi connectivity index (χ3v) is 2.83. The van der Waals surface area contributed by atoms with Crippen LogP contribution in [-0.2, 0) is 9.59 Å². The number of hydrogen-bond donors (Lipinski definition) is 2. The van der Waals surface area contributed by atoms with Gasteiger partial charge in [-0.25, -0.2) is 4.39 Å². The van der Waals surface area contributed by atoms with E-state index in [1.54, 1.807) is 26.1 Å². The van der Waals surface area contributed by atoms with Crippen LogP contribution < -0.4 is 10.6 Å². The van der Waals surface area contributed by atoms with Crippen molar-refractivity contribution in [3.63, 3.8) is 0 Å². The van der Waals surface area contributed by atoms with Crippen LogP contribution in [0.2, 0.25) is 0 Å². The Balaban J connectivity index is 1.78. The molecule has 0 aliphatic carbocycles. The molecule has 0 saturated heterocycles. The number of nitrogens with zero attached hydrogens (tertiary/aromatic N) is 2. The number of halogens is 1. The molecule has 2 amide bonds. The quantitative estimate of drug-likeness (QED) is 0.845. The summed E-state index contributed by atoms with van der Waals surface area (Å²) in [7, 11) is 1.62. The number of benzene rings is 1. The van der Waals surface area contributed by atoms with Crippen LogP contribution in [0.1, 0.15) is 5.76 Å². The number of amides is 2. The van der Waals surface area contributed by atoms with Crippen LogP contribution in [0.25, 0.3) is 0 Å². The van der Waals surface area contributed by atoms with E-state index in [-0.39, 0.29) is 24.9 Å². The first-order chi connectivity index (χ1) is 10.9. The van der Waals surface area contributed by atoms with Crippen LogP contribution in [-0.4, -0.2) is 42.0 Å². The number of rotatable bonds is 6. The van der Waals surface area contributed by atoms with E-state index in [2.05, 4.69) is 15.8 Å². The lowest BCUT2D eigenvalue weighted by Crippen LogP contribution is -2.36. The zero-order valence-corrected chi connectivity index (χ0v) is 12.8. The highest BCUT2D eigenvalue weighted by Gasteiger charge is 2.12. The van der Waals surface area contributed by atoms with Gasteiger partial charge in [-0.1, -0.05) is 11.2 Å². The Kier molecular flexibility index (Phi) is 5.42. The molecule has 0 spiro atoms. The molecule has 0 fully saturated rings. The van der Waals surface area contributed by atoms with Crippen LogP contribution in [0, 0.1) is 12.7 Å². The van der Waals surface area contributed by atoms with Crippen molar-refractivity contribution in [1.29, 1.82) is 0 Å². The van der Waals surface area contributed by atoms with Crippen molar-refractivity contribution in [1.82, 2.24) is 10.1 Å². The maximum Gasteiger partial charge on any atom is 0.239 e. The van der Waals surface area contributed by atoms with Gasteiger partial charge in [-0.15, -0.1) is 0 Å². The van der Waals surface area contributed by atoms with E-state index in [1.165, 1.54) is 23.1 Å². The Bertz CT molecular complexity index is 702. The van der Waals surface area contributed by atoms with Gasteiger partial charge in [0.25, 0.3) is 0 Å². The molecule has 1 aromatic heterocycles. The van der Waals surface area contributed by atoms with Gasteiger partial charge >= 0.3 is 0 Å². The zero-order valence-electron chi connectivity index (χ0n) is 12.8. The number of aryl methyl sites for hydroxylation is 1. The maximum absolute atomic E-state index is 13.0. The summed E-state index contributed by atoms with van der Waals surface area (Å²) in [5, 5.41) is 8.77. The SMILES string of the molecule is Cc1cc(NC(=O)CN(C)CC(=O)Nc2cccc(F)c2)no1. The predicted octanol–water partition coefficient (Wildman–Crippen LogP) is 1.63. The summed E-state index contributed by atoms with van der Waals surface area (Å²) in [6.07, 6.45) is 0. The van der Waals surface area contributed by atoms with Crippen LogP contribution in [0.5, 0.6) is 0 Å². The fraction of sp³-hybridized carbons (Fsp3) is 0.267. The number of hydrogen-bond acceptors (Lipinski definition) is 5. The molecule has 0 bridgehead atoms. The van der Waals surface area contributed by atoms with Crippen LogP contribution >= 0.6 is 0 Å². The summed E-state index contributed by atoms with van der Waals surface area (Å²) in [5.74, 6) is -0.186. The summed E-state index contributed by atoms with van der Waals surface area (Å²) in [6, 6.07) is 7.19. The highest BCUT2D eigenvalue weighted by Crippen LogP contribution is 2.09. The van der Waals surface area contributed by atoms with Crippen LogP contribution in [0.3, 0.4) is 0 Å². The molecule has 7 nitrogen and oxygen atoms in total. The van der Waals surface area contributed by atoms with Crippen molar-refractivity contribution < 1.29 is 18.5 Å². The fourth-order valence-electron chi connectivity index (χ4n) is 1.92. The smallest absolute Gasteiger partial charge is 0.239 e. The molecular formula is C15H17FN4O3. The van der Waals surface area contributed by atoms with Gasteiger partial charge in [-0.2, -0.15) is 0 Å². The van der Waals surface area contributed by atoms with E-state index < -0.39 is 5.82 Å². The number of aromatic nitrogens is 1. The molecule has 0 aliphatic heterocycles. The topological polar surface area (TPSA) is 87.5 Å². The Morgan fingerprint density at radius 3 is 2.52 bits per heavy atom. The largest absolute Gasteiger partial charge is 0.360 e. The second-order valence-electron chi connectivity index (χ2n) is 5.10. The van der Waals surface area contributed by atoms with Crippen molar-refractivity contribution in [2.45, 2.75) is 6.92 Å². The number of anilines is 2. The van der Waals surface area contributed by atoms with Crippen molar-refractivity contribution in [2.75, 3.05) is 30.8 Å². The lowest BCUT2D eigenvalue weighted by molar-refractivity contribution is -0.119. The molecule has 8 heteroatoms. The Labute approximate surface area is 132 Å². The zero-order chi connectivity index (χ0) is 16.8. The number of likely N-dealkylation sites (N-methyl/N-ethyl adjacent to an activating group) is 1. The highest BCUT2D eigenvalue weighted by atomic mass is 19.1. The van der Waals surface area contributed by atoms with Gasteiger partial charge in [0.15, 0.2) is 5.82 Å². The lowest BCUT2D eigenvalue weighted by Gasteiger charge is -2.15. The lowest BCUT2D eigenvalue weighted by atomic mass is 10.3. The van der Waals surface area contributed by atoms with Crippen LogP contribution in [0.15, 0.2) is 34.9 Å². The normalized spacial score (nSPS) is 10.6.